The van der Waals surface area contributed by atoms with Gasteiger partial charge in [0.15, 0.2) is 0 Å². The fourth-order valence-corrected chi connectivity index (χ4v) is 1.70. The summed E-state index contributed by atoms with van der Waals surface area (Å²) in [5, 5.41) is 2.41. The molecule has 1 aliphatic heterocycles. The van der Waals surface area contributed by atoms with Crippen molar-refractivity contribution in [3.05, 3.63) is 0 Å². The number of hydrogen-bond acceptors (Lipinski definition) is 4. The normalized spacial score (nSPS) is 19.5. The van der Waals surface area contributed by atoms with Gasteiger partial charge in [0, 0.05) is 19.0 Å². The van der Waals surface area contributed by atoms with E-state index in [-0.39, 0.29) is 18.4 Å². The highest BCUT2D eigenvalue weighted by atomic mass is 16.6. The fourth-order valence-electron chi connectivity index (χ4n) is 1.70. The van der Waals surface area contributed by atoms with Gasteiger partial charge in [0.1, 0.15) is 18.4 Å². The third-order valence-electron chi connectivity index (χ3n) is 2.55. The Hall–Kier alpha value is -1.59. The van der Waals surface area contributed by atoms with E-state index < -0.39 is 11.7 Å². The van der Waals surface area contributed by atoms with Gasteiger partial charge in [0.05, 0.1) is 0 Å². The molecule has 1 fully saturated rings. The topological polar surface area (TPSA) is 75.7 Å². The second kappa shape index (κ2) is 5.84. The summed E-state index contributed by atoms with van der Waals surface area (Å²) >= 11 is 0. The zero-order chi connectivity index (χ0) is 13.8. The Morgan fingerprint density at radius 2 is 2.11 bits per heavy atom. The van der Waals surface area contributed by atoms with E-state index in [1.807, 2.05) is 0 Å². The van der Waals surface area contributed by atoms with E-state index in [9.17, 15) is 14.4 Å². The van der Waals surface area contributed by atoms with E-state index in [1.54, 1.807) is 25.7 Å². The molecule has 1 heterocycles. The van der Waals surface area contributed by atoms with Crippen molar-refractivity contribution in [3.8, 4) is 0 Å². The van der Waals surface area contributed by atoms with Crippen molar-refractivity contribution < 1.29 is 19.1 Å². The molecule has 1 unspecified atom stereocenters. The van der Waals surface area contributed by atoms with Gasteiger partial charge < -0.3 is 19.7 Å². The highest BCUT2D eigenvalue weighted by Gasteiger charge is 2.26. The quantitative estimate of drug-likeness (QED) is 0.748. The Labute approximate surface area is 107 Å². The van der Waals surface area contributed by atoms with Crippen molar-refractivity contribution in [2.24, 2.45) is 5.92 Å². The second-order valence-corrected chi connectivity index (χ2v) is 5.38. The molecule has 18 heavy (non-hydrogen) atoms. The van der Waals surface area contributed by atoms with Crippen LogP contribution in [0.4, 0.5) is 4.79 Å². The average molecular weight is 256 g/mol. The third-order valence-corrected chi connectivity index (χ3v) is 2.55. The van der Waals surface area contributed by atoms with Gasteiger partial charge in [-0.15, -0.1) is 0 Å². The van der Waals surface area contributed by atoms with Gasteiger partial charge in [0.25, 0.3) is 0 Å². The van der Waals surface area contributed by atoms with Crippen LogP contribution in [0.1, 0.15) is 27.2 Å². The lowest BCUT2D eigenvalue weighted by molar-refractivity contribution is -0.129. The maximum Gasteiger partial charge on any atom is 0.408 e. The predicted octanol–water partition coefficient (Wildman–Crippen LogP) is 0.558. The maximum absolute atomic E-state index is 11.7. The highest BCUT2D eigenvalue weighted by molar-refractivity contribution is 5.82. The van der Waals surface area contributed by atoms with Crippen LogP contribution in [0.5, 0.6) is 0 Å². The third kappa shape index (κ3) is 4.73. The highest BCUT2D eigenvalue weighted by Crippen LogP contribution is 2.13. The van der Waals surface area contributed by atoms with Crippen molar-refractivity contribution >= 4 is 18.3 Å². The van der Waals surface area contributed by atoms with Gasteiger partial charge in [-0.05, 0) is 27.2 Å². The Morgan fingerprint density at radius 3 is 2.61 bits per heavy atom. The number of likely N-dealkylation sites (tertiary alicyclic amines) is 1. The number of nitrogens with zero attached hydrogens (tertiary/aromatic N) is 1. The average Bonchev–Trinajstić information content (AvgIpc) is 2.72. The van der Waals surface area contributed by atoms with Crippen LogP contribution in [0.3, 0.4) is 0 Å². The van der Waals surface area contributed by atoms with Gasteiger partial charge in [-0.25, -0.2) is 4.79 Å². The maximum atomic E-state index is 11.7. The number of ether oxygens (including phenoxy) is 1. The van der Waals surface area contributed by atoms with Crippen LogP contribution in [-0.4, -0.2) is 48.4 Å². The first kappa shape index (κ1) is 14.5. The lowest BCUT2D eigenvalue weighted by atomic mass is 10.1. The molecule has 1 aliphatic rings. The van der Waals surface area contributed by atoms with Gasteiger partial charge in [0.2, 0.25) is 5.91 Å². The van der Waals surface area contributed by atoms with Gasteiger partial charge in [-0.1, -0.05) is 0 Å². The van der Waals surface area contributed by atoms with Crippen LogP contribution >= 0.6 is 0 Å². The summed E-state index contributed by atoms with van der Waals surface area (Å²) < 4.78 is 5.02. The monoisotopic (exact) mass is 256 g/mol. The van der Waals surface area contributed by atoms with Crippen molar-refractivity contribution in [1.82, 2.24) is 10.2 Å². The fraction of sp³-hybridized carbons (Fsp3) is 0.750. The van der Waals surface area contributed by atoms with Crippen LogP contribution in [0.2, 0.25) is 0 Å². The summed E-state index contributed by atoms with van der Waals surface area (Å²) in [7, 11) is 0. The Morgan fingerprint density at radius 1 is 1.44 bits per heavy atom. The number of aldehydes is 1. The Kier molecular flexibility index (Phi) is 4.69. The number of nitrogens with one attached hydrogen (secondary N) is 1. The second-order valence-electron chi connectivity index (χ2n) is 5.38. The molecule has 6 nitrogen and oxygen atoms in total. The van der Waals surface area contributed by atoms with Gasteiger partial charge in [-0.2, -0.15) is 0 Å². The number of alkyl carbamates (subject to hydrolysis) is 1. The van der Waals surface area contributed by atoms with E-state index in [0.29, 0.717) is 19.5 Å². The number of rotatable bonds is 3. The van der Waals surface area contributed by atoms with E-state index in [4.69, 9.17) is 4.74 Å². The molecule has 1 N–H and O–H groups in total. The predicted molar refractivity (Wildman–Crippen MR) is 65.0 cm³/mol. The summed E-state index contributed by atoms with van der Waals surface area (Å²) in [6.07, 6.45) is 0.956. The molecule has 102 valence electrons. The minimum atomic E-state index is -0.609. The summed E-state index contributed by atoms with van der Waals surface area (Å²) in [4.78, 5) is 35.2. The van der Waals surface area contributed by atoms with Crippen LogP contribution < -0.4 is 5.32 Å². The molecular weight excluding hydrogens is 236 g/mol. The van der Waals surface area contributed by atoms with Crippen LogP contribution in [0.25, 0.3) is 0 Å². The minimum Gasteiger partial charge on any atom is -0.444 e. The van der Waals surface area contributed by atoms with E-state index in [0.717, 1.165) is 6.29 Å². The number of carbonyl (C=O) groups excluding carboxylic acids is 3. The summed E-state index contributed by atoms with van der Waals surface area (Å²) in [6, 6.07) is 0. The molecular formula is C12H20N2O4. The first-order valence-corrected chi connectivity index (χ1v) is 6.02. The van der Waals surface area contributed by atoms with Crippen molar-refractivity contribution in [3.63, 3.8) is 0 Å². The van der Waals surface area contributed by atoms with Crippen molar-refractivity contribution in [2.75, 3.05) is 19.6 Å². The summed E-state index contributed by atoms with van der Waals surface area (Å²) in [6.45, 7) is 6.17. The summed E-state index contributed by atoms with van der Waals surface area (Å²) in [5.41, 5.74) is -0.580. The van der Waals surface area contributed by atoms with Crippen molar-refractivity contribution in [1.29, 1.82) is 0 Å². The van der Waals surface area contributed by atoms with Crippen molar-refractivity contribution in [2.45, 2.75) is 32.8 Å². The molecule has 0 aromatic carbocycles. The zero-order valence-electron chi connectivity index (χ0n) is 11.1. The Balaban J connectivity index is 2.29. The molecule has 0 aromatic rings. The largest absolute Gasteiger partial charge is 0.444 e. The lowest BCUT2D eigenvalue weighted by Gasteiger charge is -2.20. The van der Waals surface area contributed by atoms with Crippen LogP contribution in [0, 0.1) is 5.92 Å². The zero-order valence-corrected chi connectivity index (χ0v) is 11.1. The van der Waals surface area contributed by atoms with Gasteiger partial charge in [-0.3, -0.25) is 4.79 Å². The molecule has 1 atom stereocenters. The number of carbonyl (C=O) groups is 3. The standard InChI is InChI=1S/C12H20N2O4/c1-12(2,3)18-11(17)13-6-10(16)14-5-4-9(7-14)8-15/h8-9H,4-7H2,1-3H3,(H,13,17). The molecule has 6 heteroatoms. The minimum absolute atomic E-state index is 0.0736. The molecule has 0 radical (unpaired) electrons. The molecule has 0 bridgehead atoms. The first-order valence-electron chi connectivity index (χ1n) is 6.02. The van der Waals surface area contributed by atoms with Crippen LogP contribution in [-0.2, 0) is 14.3 Å². The van der Waals surface area contributed by atoms with E-state index in [1.165, 1.54) is 0 Å². The molecule has 0 saturated carbocycles. The Bertz CT molecular complexity index is 335. The molecule has 1 saturated heterocycles. The summed E-state index contributed by atoms with van der Waals surface area (Å²) in [5.74, 6) is -0.263. The van der Waals surface area contributed by atoms with Crippen LogP contribution in [0.15, 0.2) is 0 Å². The molecule has 0 spiro atoms. The molecule has 1 rings (SSSR count). The van der Waals surface area contributed by atoms with Gasteiger partial charge >= 0.3 is 6.09 Å². The van der Waals surface area contributed by atoms with E-state index in [2.05, 4.69) is 5.32 Å². The number of hydrogen-bond donors (Lipinski definition) is 1. The smallest absolute Gasteiger partial charge is 0.408 e. The number of amides is 2. The lowest BCUT2D eigenvalue weighted by Crippen LogP contribution is -2.41. The SMILES string of the molecule is CC(C)(C)OC(=O)NCC(=O)N1CCC(C=O)C1. The van der Waals surface area contributed by atoms with E-state index >= 15 is 0 Å². The molecule has 2 amide bonds. The molecule has 0 aliphatic carbocycles. The first-order chi connectivity index (χ1) is 8.31. The molecule has 0 aromatic heterocycles.